The highest BCUT2D eigenvalue weighted by atomic mass is 16.5. The smallest absolute Gasteiger partial charge is 0.337 e. The highest BCUT2D eigenvalue weighted by Gasteiger charge is 2.08. The van der Waals surface area contributed by atoms with Gasteiger partial charge in [-0.15, -0.1) is 0 Å². The molecule has 0 aliphatic heterocycles. The lowest BCUT2D eigenvalue weighted by Crippen LogP contribution is -2.08. The molecule has 0 aliphatic carbocycles. The molecule has 3 aromatic rings. The van der Waals surface area contributed by atoms with E-state index in [1.807, 2.05) is 12.1 Å². The van der Waals surface area contributed by atoms with Crippen LogP contribution in [0, 0.1) is 0 Å². The van der Waals surface area contributed by atoms with Crippen molar-refractivity contribution in [3.63, 3.8) is 0 Å². The molecular weight excluding hydrogens is 664 g/mol. The fourth-order valence-electron chi connectivity index (χ4n) is 4.38. The van der Waals surface area contributed by atoms with E-state index in [2.05, 4.69) is 28.1 Å². The monoisotopic (exact) mass is 726 g/mol. The maximum absolute atomic E-state index is 11.5. The Labute approximate surface area is 312 Å². The fourth-order valence-corrected chi connectivity index (χ4v) is 4.38. The third-order valence-corrected chi connectivity index (χ3v) is 7.29. The van der Waals surface area contributed by atoms with E-state index in [4.69, 9.17) is 14.2 Å². The Balaban J connectivity index is 0. The van der Waals surface area contributed by atoms with Gasteiger partial charge in [0, 0.05) is 6.42 Å². The van der Waals surface area contributed by atoms with Gasteiger partial charge in [-0.25, -0.2) is 14.4 Å². The summed E-state index contributed by atoms with van der Waals surface area (Å²) in [7, 11) is 5.64. The van der Waals surface area contributed by atoms with Gasteiger partial charge in [0.05, 0.1) is 51.7 Å². The molecule has 3 rings (SSSR count). The van der Waals surface area contributed by atoms with E-state index in [0.717, 1.165) is 50.2 Å². The molecule has 0 unspecified atom stereocenters. The van der Waals surface area contributed by atoms with Crippen LogP contribution < -0.4 is 14.2 Å². The number of benzene rings is 3. The average Bonchev–Trinajstić information content (AvgIpc) is 3.16. The molecule has 10 heteroatoms. The number of carbonyl (C=O) groups is 4. The van der Waals surface area contributed by atoms with Gasteiger partial charge in [0.15, 0.2) is 0 Å². The Morgan fingerprint density at radius 3 is 1.23 bits per heavy atom. The standard InChI is InChI=1S/C16H24O3.C15H20O4.C9H10O3.2CH4/c1-3-4-5-6-7-8-13-19-15-11-9-14(10-12-15)16(17)18-2;1-3-4-5-6-7-14(16)19-13-10-8-12(9-11-13)15(17)18-2;1-11-8-5-3-7(4-6-8)9(10)12-2;;/h9-12H,3-8,13H2,1-2H3;8-11H,3-7H2,1-2H3;3-6H,1-2H3;2*1H4. The van der Waals surface area contributed by atoms with Gasteiger partial charge >= 0.3 is 23.9 Å². The van der Waals surface area contributed by atoms with Crippen LogP contribution in [0.5, 0.6) is 17.2 Å². The molecule has 0 aliphatic rings. The van der Waals surface area contributed by atoms with Gasteiger partial charge in [-0.3, -0.25) is 4.79 Å². The van der Waals surface area contributed by atoms with Crippen LogP contribution >= 0.6 is 0 Å². The van der Waals surface area contributed by atoms with Crippen molar-refractivity contribution in [2.24, 2.45) is 0 Å². The zero-order chi connectivity index (χ0) is 37.0. The molecule has 0 saturated carbocycles. The van der Waals surface area contributed by atoms with Crippen molar-refractivity contribution < 1.29 is 47.6 Å². The van der Waals surface area contributed by atoms with Crippen LogP contribution in [0.4, 0.5) is 0 Å². The average molecular weight is 727 g/mol. The molecule has 0 atom stereocenters. The molecule has 0 amide bonds. The van der Waals surface area contributed by atoms with E-state index in [-0.39, 0.29) is 32.8 Å². The summed E-state index contributed by atoms with van der Waals surface area (Å²) in [6.45, 7) is 5.09. The van der Waals surface area contributed by atoms with Gasteiger partial charge in [-0.05, 0) is 85.6 Å². The van der Waals surface area contributed by atoms with Crippen LogP contribution in [0.15, 0.2) is 72.8 Å². The van der Waals surface area contributed by atoms with Crippen LogP contribution in [-0.4, -0.2) is 58.9 Å². The number of hydrogen-bond donors (Lipinski definition) is 0. The largest absolute Gasteiger partial charge is 0.497 e. The van der Waals surface area contributed by atoms with Gasteiger partial charge in [0.1, 0.15) is 17.2 Å². The van der Waals surface area contributed by atoms with Crippen molar-refractivity contribution >= 4 is 23.9 Å². The van der Waals surface area contributed by atoms with Crippen LogP contribution in [0.2, 0.25) is 0 Å². The summed E-state index contributed by atoms with van der Waals surface area (Å²) >= 11 is 0. The minimum atomic E-state index is -0.405. The number of hydrogen-bond acceptors (Lipinski definition) is 10. The molecule has 52 heavy (non-hydrogen) atoms. The van der Waals surface area contributed by atoms with Crippen LogP contribution in [0.1, 0.15) is 130 Å². The SMILES string of the molecule is C.C.CCCCCCC(=O)Oc1ccc(C(=O)OC)cc1.CCCCCCCCOc1ccc(C(=O)OC)cc1.COC(=O)c1ccc(OC)cc1. The highest BCUT2D eigenvalue weighted by Crippen LogP contribution is 2.16. The van der Waals surface area contributed by atoms with Gasteiger partial charge in [0.2, 0.25) is 0 Å². The number of ether oxygens (including phenoxy) is 6. The Bertz CT molecular complexity index is 1370. The van der Waals surface area contributed by atoms with Crippen molar-refractivity contribution in [2.45, 2.75) is 99.3 Å². The highest BCUT2D eigenvalue weighted by molar-refractivity contribution is 5.90. The number of methoxy groups -OCH3 is 4. The van der Waals surface area contributed by atoms with Gasteiger partial charge < -0.3 is 28.4 Å². The molecule has 3 aromatic carbocycles. The minimum Gasteiger partial charge on any atom is -0.497 e. The van der Waals surface area contributed by atoms with Crippen LogP contribution in [0.3, 0.4) is 0 Å². The molecule has 0 fully saturated rings. The lowest BCUT2D eigenvalue weighted by atomic mass is 10.1. The molecule has 0 spiro atoms. The number of unbranched alkanes of at least 4 members (excludes halogenated alkanes) is 8. The van der Waals surface area contributed by atoms with Gasteiger partial charge in [-0.2, -0.15) is 0 Å². The molecule has 0 N–H and O–H groups in total. The maximum Gasteiger partial charge on any atom is 0.337 e. The van der Waals surface area contributed by atoms with Crippen LogP contribution in [-0.2, 0) is 19.0 Å². The molecule has 290 valence electrons. The quantitative estimate of drug-likeness (QED) is 0.0541. The van der Waals surface area contributed by atoms with Crippen LogP contribution in [0.25, 0.3) is 0 Å². The third-order valence-electron chi connectivity index (χ3n) is 7.29. The van der Waals surface area contributed by atoms with E-state index in [9.17, 15) is 19.2 Å². The summed E-state index contributed by atoms with van der Waals surface area (Å²) in [5.74, 6) is 0.691. The van der Waals surface area contributed by atoms with Crippen molar-refractivity contribution in [2.75, 3.05) is 35.0 Å². The normalized spacial score (nSPS) is 9.50. The molecule has 0 heterocycles. The van der Waals surface area contributed by atoms with Gasteiger partial charge in [0.25, 0.3) is 0 Å². The van der Waals surface area contributed by atoms with Crippen molar-refractivity contribution in [3.05, 3.63) is 89.5 Å². The first-order chi connectivity index (χ1) is 24.2. The number of carbonyl (C=O) groups excluding carboxylic acids is 4. The van der Waals surface area contributed by atoms with E-state index in [1.165, 1.54) is 53.4 Å². The molecule has 10 nitrogen and oxygen atoms in total. The lowest BCUT2D eigenvalue weighted by Gasteiger charge is -2.06. The summed E-state index contributed by atoms with van der Waals surface area (Å²) in [6, 6.07) is 20.1. The van der Waals surface area contributed by atoms with E-state index in [1.54, 1.807) is 67.8 Å². The van der Waals surface area contributed by atoms with E-state index in [0.29, 0.717) is 28.9 Å². The van der Waals surface area contributed by atoms with E-state index < -0.39 is 5.97 Å². The Kier molecular flexibility index (Phi) is 29.3. The summed E-state index contributed by atoms with van der Waals surface area (Å²) in [5, 5.41) is 0. The summed E-state index contributed by atoms with van der Waals surface area (Å²) in [5.41, 5.74) is 1.51. The summed E-state index contributed by atoms with van der Waals surface area (Å²) < 4.78 is 29.5. The summed E-state index contributed by atoms with van der Waals surface area (Å²) in [4.78, 5) is 45.0. The Morgan fingerprint density at radius 1 is 0.462 bits per heavy atom. The zero-order valence-electron chi connectivity index (χ0n) is 30.5. The minimum absolute atomic E-state index is 0. The number of esters is 4. The first kappa shape index (κ1) is 49.3. The topological polar surface area (TPSA) is 124 Å². The molecule has 0 radical (unpaired) electrons. The molecule has 0 saturated heterocycles. The second-order valence-electron chi connectivity index (χ2n) is 11.2. The predicted octanol–water partition coefficient (Wildman–Crippen LogP) is 10.3. The van der Waals surface area contributed by atoms with Crippen molar-refractivity contribution in [1.29, 1.82) is 0 Å². The first-order valence-corrected chi connectivity index (χ1v) is 17.1. The van der Waals surface area contributed by atoms with Crippen molar-refractivity contribution in [3.8, 4) is 17.2 Å². The number of rotatable bonds is 18. The Morgan fingerprint density at radius 2 is 0.827 bits per heavy atom. The van der Waals surface area contributed by atoms with E-state index >= 15 is 0 Å². The molecule has 0 aromatic heterocycles. The predicted molar refractivity (Wildman–Crippen MR) is 207 cm³/mol. The fraction of sp³-hybridized carbons (Fsp3) is 0.476. The third kappa shape index (κ3) is 21.4. The lowest BCUT2D eigenvalue weighted by molar-refractivity contribution is -0.134. The van der Waals surface area contributed by atoms with Gasteiger partial charge in [-0.1, -0.05) is 80.1 Å². The zero-order valence-corrected chi connectivity index (χ0v) is 30.5. The Hall–Kier alpha value is -4.86. The van der Waals surface area contributed by atoms with Crippen molar-refractivity contribution in [1.82, 2.24) is 0 Å². The molecule has 0 bridgehead atoms. The molecular formula is C42H62O10. The summed E-state index contributed by atoms with van der Waals surface area (Å²) in [6.07, 6.45) is 12.1. The maximum atomic E-state index is 11.5. The second kappa shape index (κ2) is 30.9. The first-order valence-electron chi connectivity index (χ1n) is 17.1. The second-order valence-corrected chi connectivity index (χ2v) is 11.2.